The van der Waals surface area contributed by atoms with Crippen LogP contribution in [0.3, 0.4) is 0 Å². The largest absolute Gasteiger partial charge is 0.573 e. The van der Waals surface area contributed by atoms with Crippen molar-refractivity contribution in [2.75, 3.05) is 18.0 Å². The van der Waals surface area contributed by atoms with E-state index in [-0.39, 0.29) is 36.5 Å². The van der Waals surface area contributed by atoms with Crippen molar-refractivity contribution in [3.05, 3.63) is 64.8 Å². The van der Waals surface area contributed by atoms with Gasteiger partial charge < -0.3 is 14.4 Å². The van der Waals surface area contributed by atoms with Gasteiger partial charge in [-0.15, -0.1) is 13.2 Å². The molecule has 2 aliphatic heterocycles. The molecule has 0 spiro atoms. The second-order valence-corrected chi connectivity index (χ2v) is 9.84. The summed E-state index contributed by atoms with van der Waals surface area (Å²) in [5.74, 6) is -0.825. The number of unbranched alkanes of at least 4 members (excludes halogenated alkanes) is 1. The number of rotatable bonds is 8. The highest BCUT2D eigenvalue weighted by Gasteiger charge is 2.45. The molecule has 0 bridgehead atoms. The highest BCUT2D eigenvalue weighted by molar-refractivity contribution is 6.30. The van der Waals surface area contributed by atoms with Gasteiger partial charge in [-0.1, -0.05) is 43.1 Å². The van der Waals surface area contributed by atoms with Gasteiger partial charge in [0.2, 0.25) is 0 Å². The summed E-state index contributed by atoms with van der Waals surface area (Å²) < 4.78 is 49.9. The van der Waals surface area contributed by atoms with Crippen molar-refractivity contribution in [1.82, 2.24) is 14.5 Å². The number of hydrogen-bond donors (Lipinski definition) is 0. The van der Waals surface area contributed by atoms with E-state index >= 15 is 0 Å². The summed E-state index contributed by atoms with van der Waals surface area (Å²) in [6, 6.07) is 11.6. The van der Waals surface area contributed by atoms with E-state index in [2.05, 4.69) is 9.72 Å². The van der Waals surface area contributed by atoms with Crippen LogP contribution in [0.15, 0.2) is 48.5 Å². The monoisotopic (exact) mass is 562 g/mol. The number of carbonyl (C=O) groups is 2. The number of fused-ring (bicyclic) bond motifs is 3. The van der Waals surface area contributed by atoms with Gasteiger partial charge in [0.1, 0.15) is 17.5 Å². The van der Waals surface area contributed by atoms with Crippen LogP contribution in [0.25, 0.3) is 0 Å². The van der Waals surface area contributed by atoms with Crippen LogP contribution >= 0.6 is 11.6 Å². The molecule has 1 atom stereocenters. The Hall–Kier alpha value is -3.73. The Kier molecular flexibility index (Phi) is 7.44. The minimum absolute atomic E-state index is 0.00268. The van der Waals surface area contributed by atoms with E-state index in [1.165, 1.54) is 17.0 Å². The predicted octanol–water partition coefficient (Wildman–Crippen LogP) is 6.03. The molecule has 3 heterocycles. The molecule has 2 aromatic carbocycles. The summed E-state index contributed by atoms with van der Waals surface area (Å²) in [5, 5.41) is 0.536. The lowest BCUT2D eigenvalue weighted by Crippen LogP contribution is -2.46. The topological polar surface area (TPSA) is 76.9 Å². The van der Waals surface area contributed by atoms with E-state index in [9.17, 15) is 22.8 Å². The first-order valence-electron chi connectivity index (χ1n) is 12.7. The third-order valence-electron chi connectivity index (χ3n) is 6.68. The number of amides is 2. The normalized spacial score (nSPS) is 17.2. The summed E-state index contributed by atoms with van der Waals surface area (Å²) in [7, 11) is 0. The smallest absolute Gasteiger partial charge is 0.425 e. The van der Waals surface area contributed by atoms with E-state index < -0.39 is 24.1 Å². The first-order chi connectivity index (χ1) is 18.6. The van der Waals surface area contributed by atoms with Crippen molar-refractivity contribution < 1.29 is 32.2 Å². The van der Waals surface area contributed by atoms with Gasteiger partial charge >= 0.3 is 12.4 Å². The van der Waals surface area contributed by atoms with Crippen molar-refractivity contribution in [3.63, 3.8) is 0 Å². The third-order valence-corrected chi connectivity index (χ3v) is 6.93. The highest BCUT2D eigenvalue weighted by Crippen LogP contribution is 2.38. The lowest BCUT2D eigenvalue weighted by atomic mass is 10.2. The van der Waals surface area contributed by atoms with Crippen LogP contribution in [-0.2, 0) is 11.3 Å². The number of hydrogen-bond acceptors (Lipinski definition) is 6. The van der Waals surface area contributed by atoms with Crippen molar-refractivity contribution in [1.29, 1.82) is 0 Å². The molecule has 39 heavy (non-hydrogen) atoms. The molecule has 0 aliphatic carbocycles. The fourth-order valence-electron chi connectivity index (χ4n) is 4.88. The van der Waals surface area contributed by atoms with Crippen LogP contribution in [0.1, 0.15) is 48.7 Å². The molecule has 2 aliphatic rings. The average Bonchev–Trinajstić information content (AvgIpc) is 3.48. The molecule has 0 N–H and O–H groups in total. The molecule has 12 heteroatoms. The average molecular weight is 563 g/mol. The summed E-state index contributed by atoms with van der Waals surface area (Å²) >= 11 is 6.06. The minimum Gasteiger partial charge on any atom is -0.425 e. The van der Waals surface area contributed by atoms with Gasteiger partial charge in [0.25, 0.3) is 11.8 Å². The van der Waals surface area contributed by atoms with Gasteiger partial charge in [-0.05, 0) is 49.1 Å². The first kappa shape index (κ1) is 26.9. The Morgan fingerprint density at radius 2 is 1.85 bits per heavy atom. The second kappa shape index (κ2) is 10.8. The number of alkyl halides is 3. The Morgan fingerprint density at radius 1 is 1.10 bits per heavy atom. The summed E-state index contributed by atoms with van der Waals surface area (Å²) in [6.07, 6.45) is -2.07. The number of anilines is 1. The fraction of sp³-hybridized carbons (Fsp3) is 0.370. The SMILES string of the molecule is CCCCN1C(=O)c2c(nc(Oc3cccc(OC(F)(F)F)c3)n2Cc2ccc(Cl)cc2)N2CCCC2C1=O. The fourth-order valence-corrected chi connectivity index (χ4v) is 5.01. The summed E-state index contributed by atoms with van der Waals surface area (Å²) in [4.78, 5) is 35.1. The molecule has 3 aromatic rings. The molecule has 1 unspecified atom stereocenters. The van der Waals surface area contributed by atoms with Crippen molar-refractivity contribution >= 4 is 29.2 Å². The van der Waals surface area contributed by atoms with Crippen molar-refractivity contribution in [2.45, 2.75) is 51.6 Å². The third kappa shape index (κ3) is 5.68. The highest BCUT2D eigenvalue weighted by atomic mass is 35.5. The van der Waals surface area contributed by atoms with Crippen LogP contribution in [0.2, 0.25) is 5.02 Å². The van der Waals surface area contributed by atoms with E-state index in [1.54, 1.807) is 28.8 Å². The van der Waals surface area contributed by atoms with Crippen LogP contribution in [-0.4, -0.2) is 51.8 Å². The van der Waals surface area contributed by atoms with Gasteiger partial charge in [0, 0.05) is 24.2 Å². The zero-order valence-electron chi connectivity index (χ0n) is 21.1. The Bertz CT molecular complexity index is 1380. The van der Waals surface area contributed by atoms with Gasteiger partial charge in [-0.25, -0.2) is 0 Å². The molecular formula is C27H26ClF3N4O4. The standard InChI is InChI=1S/C27H26ClF3N4O4/c1-2-3-13-34-24(36)21-8-5-14-33(21)23-22(25(34)37)35(16-17-9-11-18(28)12-10-17)26(32-23)38-19-6-4-7-20(15-19)39-27(29,30)31/h4,6-7,9-12,15,21H,2-3,5,8,13-14,16H2,1H3. The molecule has 206 valence electrons. The Labute approximate surface area is 227 Å². The van der Waals surface area contributed by atoms with Crippen LogP contribution < -0.4 is 14.4 Å². The zero-order chi connectivity index (χ0) is 27.7. The Morgan fingerprint density at radius 3 is 2.56 bits per heavy atom. The van der Waals surface area contributed by atoms with E-state index in [1.807, 2.05) is 11.8 Å². The number of imidazole rings is 1. The van der Waals surface area contributed by atoms with Gasteiger partial charge in [0.15, 0.2) is 11.5 Å². The Balaban J connectivity index is 1.61. The maximum atomic E-state index is 13.9. The lowest BCUT2D eigenvalue weighted by Gasteiger charge is -2.25. The number of carbonyl (C=O) groups excluding carboxylic acids is 2. The minimum atomic E-state index is -4.87. The number of nitrogens with zero attached hydrogens (tertiary/aromatic N) is 4. The molecule has 8 nitrogen and oxygen atoms in total. The van der Waals surface area contributed by atoms with Crippen LogP contribution in [0.4, 0.5) is 19.0 Å². The maximum absolute atomic E-state index is 13.9. The molecule has 0 radical (unpaired) electrons. The summed E-state index contributed by atoms with van der Waals surface area (Å²) in [6.45, 7) is 2.93. The van der Waals surface area contributed by atoms with Gasteiger partial charge in [-0.3, -0.25) is 19.1 Å². The maximum Gasteiger partial charge on any atom is 0.573 e. The number of halogens is 4. The van der Waals surface area contributed by atoms with Crippen LogP contribution in [0.5, 0.6) is 17.5 Å². The summed E-state index contributed by atoms with van der Waals surface area (Å²) in [5.41, 5.74) is 0.969. The molecule has 5 rings (SSSR count). The van der Waals surface area contributed by atoms with Crippen LogP contribution in [0, 0.1) is 0 Å². The number of aromatic nitrogens is 2. The van der Waals surface area contributed by atoms with E-state index in [0.717, 1.165) is 30.5 Å². The molecule has 1 fully saturated rings. The number of ether oxygens (including phenoxy) is 2. The quantitative estimate of drug-likeness (QED) is 0.312. The van der Waals surface area contributed by atoms with E-state index in [4.69, 9.17) is 16.3 Å². The molecule has 0 saturated carbocycles. The van der Waals surface area contributed by atoms with Crippen molar-refractivity contribution in [2.24, 2.45) is 0 Å². The first-order valence-corrected chi connectivity index (χ1v) is 13.0. The number of imide groups is 1. The molecular weight excluding hydrogens is 537 g/mol. The van der Waals surface area contributed by atoms with Crippen molar-refractivity contribution in [3.8, 4) is 17.5 Å². The molecule has 1 saturated heterocycles. The molecule has 1 aromatic heterocycles. The second-order valence-electron chi connectivity index (χ2n) is 9.40. The van der Waals surface area contributed by atoms with Gasteiger partial charge in [-0.2, -0.15) is 4.98 Å². The molecule has 2 amide bonds. The van der Waals surface area contributed by atoms with Gasteiger partial charge in [0.05, 0.1) is 6.54 Å². The number of benzene rings is 2. The zero-order valence-corrected chi connectivity index (χ0v) is 21.8. The predicted molar refractivity (Wildman–Crippen MR) is 137 cm³/mol. The van der Waals surface area contributed by atoms with E-state index in [0.29, 0.717) is 30.2 Å². The lowest BCUT2D eigenvalue weighted by molar-refractivity contribution is -0.274.